The molecule has 2 heterocycles. The number of nitrogens with zero attached hydrogens (tertiary/aromatic N) is 2. The van der Waals surface area contributed by atoms with Gasteiger partial charge in [-0.15, -0.1) is 0 Å². The van der Waals surface area contributed by atoms with Crippen molar-refractivity contribution in [2.75, 3.05) is 5.73 Å². The van der Waals surface area contributed by atoms with Crippen molar-refractivity contribution in [3.63, 3.8) is 0 Å². The highest BCUT2D eigenvalue weighted by molar-refractivity contribution is 6.35. The Hall–Kier alpha value is -4.96. The van der Waals surface area contributed by atoms with Crippen LogP contribution in [-0.2, 0) is 11.3 Å². The number of carbonyl (C=O) groups excluding carboxylic acids is 2. The predicted molar refractivity (Wildman–Crippen MR) is 144 cm³/mol. The zero-order valence-corrected chi connectivity index (χ0v) is 20.1. The molecule has 2 aromatic heterocycles. The van der Waals surface area contributed by atoms with Crippen LogP contribution in [-0.4, -0.2) is 28.8 Å². The quantitative estimate of drug-likeness (QED) is 0.103. The molecule has 0 saturated heterocycles. The molecule has 0 atom stereocenters. The number of pyridine rings is 1. The normalized spacial score (nSPS) is 11.5. The average Bonchev–Trinajstić information content (AvgIpc) is 3.34. The van der Waals surface area contributed by atoms with Crippen molar-refractivity contribution in [1.29, 1.82) is 5.41 Å². The predicted octanol–water partition coefficient (Wildman–Crippen LogP) is 3.71. The van der Waals surface area contributed by atoms with Gasteiger partial charge in [0.15, 0.2) is 11.4 Å². The first kappa shape index (κ1) is 25.1. The molecule has 0 fully saturated rings. The SMILES string of the molecule is N=CC(N)=NNC(=O)c1ccc(-c2cc(Cl)c3oc(CNC(=O)/C=C/c4ccc(N)nc4)cc3c2)cc1. The summed E-state index contributed by atoms with van der Waals surface area (Å²) >= 11 is 6.47. The Morgan fingerprint density at radius 3 is 2.59 bits per heavy atom. The highest BCUT2D eigenvalue weighted by Crippen LogP contribution is 2.33. The monoisotopic (exact) mass is 515 g/mol. The largest absolute Gasteiger partial charge is 0.458 e. The van der Waals surface area contributed by atoms with Gasteiger partial charge in [0.25, 0.3) is 5.91 Å². The smallest absolute Gasteiger partial charge is 0.271 e. The summed E-state index contributed by atoms with van der Waals surface area (Å²) in [4.78, 5) is 28.3. The maximum Gasteiger partial charge on any atom is 0.271 e. The molecule has 11 heteroatoms. The highest BCUT2D eigenvalue weighted by atomic mass is 35.5. The van der Waals surface area contributed by atoms with Gasteiger partial charge in [-0.05, 0) is 65.2 Å². The molecule has 0 radical (unpaired) electrons. The first-order valence-corrected chi connectivity index (χ1v) is 11.3. The molecule has 0 unspecified atom stereocenters. The molecule has 0 aliphatic carbocycles. The number of aromatic nitrogens is 1. The van der Waals surface area contributed by atoms with Crippen molar-refractivity contribution in [1.82, 2.24) is 15.7 Å². The van der Waals surface area contributed by atoms with E-state index in [1.807, 2.05) is 12.1 Å². The Kier molecular flexibility index (Phi) is 7.60. The number of nitrogens with one attached hydrogen (secondary N) is 3. The van der Waals surface area contributed by atoms with Gasteiger partial charge in [-0.2, -0.15) is 5.10 Å². The molecule has 0 spiro atoms. The van der Waals surface area contributed by atoms with E-state index in [1.54, 1.807) is 54.7 Å². The number of furan rings is 1. The van der Waals surface area contributed by atoms with Crippen LogP contribution in [0, 0.1) is 5.41 Å². The van der Waals surface area contributed by atoms with Crippen LogP contribution in [0.2, 0.25) is 5.02 Å². The minimum atomic E-state index is -0.452. The van der Waals surface area contributed by atoms with Crippen molar-refractivity contribution in [3.8, 4) is 11.1 Å². The number of hydrogen-bond acceptors (Lipinski definition) is 7. The second kappa shape index (κ2) is 11.2. The van der Waals surface area contributed by atoms with E-state index >= 15 is 0 Å². The summed E-state index contributed by atoms with van der Waals surface area (Å²) < 4.78 is 5.84. The molecule has 2 aromatic carbocycles. The third kappa shape index (κ3) is 6.38. The Morgan fingerprint density at radius 2 is 1.89 bits per heavy atom. The first-order chi connectivity index (χ1) is 17.8. The second-order valence-corrected chi connectivity index (χ2v) is 8.26. The minimum absolute atomic E-state index is 0.112. The fourth-order valence-corrected chi connectivity index (χ4v) is 3.63. The van der Waals surface area contributed by atoms with Crippen LogP contribution in [0.5, 0.6) is 0 Å². The van der Waals surface area contributed by atoms with Crippen molar-refractivity contribution in [2.45, 2.75) is 6.54 Å². The maximum atomic E-state index is 12.2. The lowest BCUT2D eigenvalue weighted by molar-refractivity contribution is -0.116. The van der Waals surface area contributed by atoms with Gasteiger partial charge in [-0.25, -0.2) is 10.4 Å². The minimum Gasteiger partial charge on any atom is -0.458 e. The van der Waals surface area contributed by atoms with Gasteiger partial charge in [-0.3, -0.25) is 9.59 Å². The van der Waals surface area contributed by atoms with Crippen LogP contribution in [0.1, 0.15) is 21.7 Å². The maximum absolute atomic E-state index is 12.2. The van der Waals surface area contributed by atoms with Gasteiger partial charge in [0.05, 0.1) is 17.8 Å². The number of fused-ring (bicyclic) bond motifs is 1. The molecule has 4 aromatic rings. The molecule has 10 nitrogen and oxygen atoms in total. The summed E-state index contributed by atoms with van der Waals surface area (Å²) in [6.45, 7) is 0.179. The molecular weight excluding hydrogens is 494 g/mol. The van der Waals surface area contributed by atoms with E-state index in [9.17, 15) is 9.59 Å². The van der Waals surface area contributed by atoms with Crippen molar-refractivity contribution >= 4 is 58.3 Å². The Labute approximate surface area is 216 Å². The molecule has 2 amide bonds. The van der Waals surface area contributed by atoms with Crippen molar-refractivity contribution in [3.05, 3.63) is 88.8 Å². The average molecular weight is 516 g/mol. The number of amidine groups is 1. The van der Waals surface area contributed by atoms with Gasteiger partial charge in [0.2, 0.25) is 5.91 Å². The summed E-state index contributed by atoms with van der Waals surface area (Å²) in [7, 11) is 0. The molecule has 0 aliphatic rings. The van der Waals surface area contributed by atoms with Crippen LogP contribution in [0.25, 0.3) is 28.2 Å². The van der Waals surface area contributed by atoms with E-state index in [2.05, 4.69) is 20.8 Å². The Bertz CT molecular complexity index is 1520. The molecule has 37 heavy (non-hydrogen) atoms. The van der Waals surface area contributed by atoms with E-state index in [0.717, 1.165) is 28.3 Å². The molecule has 186 valence electrons. The lowest BCUT2D eigenvalue weighted by atomic mass is 10.0. The van der Waals surface area contributed by atoms with Crippen LogP contribution in [0.15, 0.2) is 76.4 Å². The third-order valence-corrected chi connectivity index (χ3v) is 5.49. The molecule has 0 saturated carbocycles. The standard InChI is InChI=1S/C26H22ClN7O3/c27-21-11-18(16-3-5-17(6-4-16)26(36)34-33-23(30)12-28)9-19-10-20(37-25(19)21)14-32-24(35)8-2-15-1-7-22(29)31-13-15/h1-13,28H,14H2,(H2,29,31)(H2,30,33)(H,32,35)(H,34,36)/b8-2+,28-12?. The summed E-state index contributed by atoms with van der Waals surface area (Å²) in [6, 6.07) is 15.7. The summed E-state index contributed by atoms with van der Waals surface area (Å²) in [5, 5.41) is 14.5. The zero-order valence-electron chi connectivity index (χ0n) is 19.4. The van der Waals surface area contributed by atoms with E-state index in [1.165, 1.54) is 6.08 Å². The van der Waals surface area contributed by atoms with Gasteiger partial charge in [0.1, 0.15) is 11.6 Å². The summed E-state index contributed by atoms with van der Waals surface area (Å²) in [6.07, 6.45) is 5.44. The second-order valence-electron chi connectivity index (χ2n) is 7.86. The number of rotatable bonds is 8. The first-order valence-electron chi connectivity index (χ1n) is 11.0. The number of benzene rings is 2. The fraction of sp³-hybridized carbons (Fsp3) is 0.0385. The van der Waals surface area contributed by atoms with Crippen molar-refractivity contribution in [2.24, 2.45) is 10.8 Å². The number of amides is 2. The third-order valence-electron chi connectivity index (χ3n) is 5.21. The van der Waals surface area contributed by atoms with Crippen LogP contribution in [0.4, 0.5) is 5.82 Å². The highest BCUT2D eigenvalue weighted by Gasteiger charge is 2.12. The van der Waals surface area contributed by atoms with Crippen molar-refractivity contribution < 1.29 is 14.0 Å². The van der Waals surface area contributed by atoms with Crippen LogP contribution >= 0.6 is 11.6 Å². The van der Waals surface area contributed by atoms with Gasteiger partial charge < -0.3 is 26.6 Å². The van der Waals surface area contributed by atoms with Crippen LogP contribution < -0.4 is 22.2 Å². The lowest BCUT2D eigenvalue weighted by Gasteiger charge is -2.05. The number of hydrazone groups is 1. The van der Waals surface area contributed by atoms with Gasteiger partial charge >= 0.3 is 0 Å². The van der Waals surface area contributed by atoms with Crippen LogP contribution in [0.3, 0.4) is 0 Å². The van der Waals surface area contributed by atoms with E-state index in [-0.39, 0.29) is 18.3 Å². The number of nitrogens with two attached hydrogens (primary N) is 2. The molecule has 0 bridgehead atoms. The van der Waals surface area contributed by atoms with E-state index < -0.39 is 5.91 Å². The fourth-order valence-electron chi connectivity index (χ4n) is 3.36. The number of anilines is 1. The number of halogens is 1. The van der Waals surface area contributed by atoms with Gasteiger partial charge in [-0.1, -0.05) is 23.7 Å². The molecule has 0 aliphatic heterocycles. The number of nitrogen functional groups attached to an aromatic ring is 1. The molecule has 4 rings (SSSR count). The van der Waals surface area contributed by atoms with E-state index in [4.69, 9.17) is 32.9 Å². The van der Waals surface area contributed by atoms with Gasteiger partial charge in [0, 0.05) is 23.2 Å². The van der Waals surface area contributed by atoms with E-state index in [0.29, 0.717) is 27.7 Å². The Morgan fingerprint density at radius 1 is 1.11 bits per heavy atom. The zero-order chi connectivity index (χ0) is 26.4. The summed E-state index contributed by atoms with van der Waals surface area (Å²) in [5.74, 6) is 0.0941. The number of carbonyl (C=O) groups is 2. The molecular formula is C26H22ClN7O3. The molecule has 7 N–H and O–H groups in total. The summed E-state index contributed by atoms with van der Waals surface area (Å²) in [5.41, 5.74) is 16.5. The topological polar surface area (TPSA) is 172 Å². The number of hydrogen-bond donors (Lipinski definition) is 5. The lowest BCUT2D eigenvalue weighted by Crippen LogP contribution is -2.23. The Balaban J connectivity index is 1.44.